The fourth-order valence-electron chi connectivity index (χ4n) is 3.47. The molecule has 0 saturated carbocycles. The lowest BCUT2D eigenvalue weighted by Gasteiger charge is -2.23. The van der Waals surface area contributed by atoms with E-state index in [9.17, 15) is 22.0 Å². The summed E-state index contributed by atoms with van der Waals surface area (Å²) in [5, 5.41) is 2.60. The minimum absolute atomic E-state index is 0.131. The van der Waals surface area contributed by atoms with Gasteiger partial charge in [0, 0.05) is 12.2 Å². The van der Waals surface area contributed by atoms with Gasteiger partial charge in [-0.05, 0) is 43.2 Å². The number of fused-ring (bicyclic) bond motifs is 1. The van der Waals surface area contributed by atoms with Gasteiger partial charge in [0.1, 0.15) is 5.82 Å². The number of carbonyl (C=O) groups is 1. The van der Waals surface area contributed by atoms with Crippen LogP contribution in [-0.4, -0.2) is 41.6 Å². The molecule has 2 aromatic carbocycles. The number of hydrogen-bond donors (Lipinski definition) is 2. The molecule has 4 rings (SSSR count). The van der Waals surface area contributed by atoms with Crippen molar-refractivity contribution in [3.05, 3.63) is 54.4 Å². The number of aromatic amines is 1. The van der Waals surface area contributed by atoms with Crippen molar-refractivity contribution in [2.75, 3.05) is 11.9 Å². The van der Waals surface area contributed by atoms with E-state index >= 15 is 0 Å². The maximum Gasteiger partial charge on any atom is 0.341 e. The number of amides is 2. The van der Waals surface area contributed by atoms with Crippen LogP contribution in [0.2, 0.25) is 0 Å². The molecule has 7 nitrogen and oxygen atoms in total. The second-order valence-electron chi connectivity index (χ2n) is 6.75. The summed E-state index contributed by atoms with van der Waals surface area (Å²) in [6.07, 6.45) is 1.52. The predicted molar refractivity (Wildman–Crippen MR) is 103 cm³/mol. The molecule has 152 valence electrons. The predicted octanol–water partition coefficient (Wildman–Crippen LogP) is 3.93. The van der Waals surface area contributed by atoms with Crippen molar-refractivity contribution in [2.24, 2.45) is 0 Å². The lowest BCUT2D eigenvalue weighted by Crippen LogP contribution is -2.34. The Hall–Kier alpha value is -3.01. The number of benzene rings is 2. The molecule has 2 N–H and O–H groups in total. The van der Waals surface area contributed by atoms with Crippen LogP contribution in [0.15, 0.2) is 53.4 Å². The highest BCUT2D eigenvalue weighted by atomic mass is 32.2. The summed E-state index contributed by atoms with van der Waals surface area (Å²) in [5.41, 5.74) is 1.81. The number of nitrogens with one attached hydrogen (secondary N) is 2. The fraction of sp³-hybridized carbons (Fsp3) is 0.263. The Morgan fingerprint density at radius 2 is 2.00 bits per heavy atom. The van der Waals surface area contributed by atoms with Gasteiger partial charge in [-0.1, -0.05) is 18.2 Å². The van der Waals surface area contributed by atoms with Crippen LogP contribution in [0.1, 0.15) is 24.7 Å². The van der Waals surface area contributed by atoms with Crippen molar-refractivity contribution in [1.29, 1.82) is 0 Å². The van der Waals surface area contributed by atoms with E-state index in [4.69, 9.17) is 0 Å². The van der Waals surface area contributed by atoms with Crippen LogP contribution in [0.5, 0.6) is 0 Å². The molecule has 2 heterocycles. The monoisotopic (exact) mass is 420 g/mol. The first-order valence-corrected chi connectivity index (χ1v) is 10.6. The van der Waals surface area contributed by atoms with Crippen molar-refractivity contribution in [3.8, 4) is 0 Å². The number of alkyl halides is 2. The van der Waals surface area contributed by atoms with Crippen molar-refractivity contribution < 1.29 is 22.0 Å². The molecule has 10 heteroatoms. The van der Waals surface area contributed by atoms with Crippen LogP contribution in [0.25, 0.3) is 11.0 Å². The number of sulfone groups is 1. The van der Waals surface area contributed by atoms with E-state index in [2.05, 4.69) is 15.3 Å². The largest absolute Gasteiger partial charge is 0.341 e. The topological polar surface area (TPSA) is 95.2 Å². The van der Waals surface area contributed by atoms with Crippen LogP contribution in [0.3, 0.4) is 0 Å². The SMILES string of the molecule is O=C(Nc1cccc(S(=O)(=O)C(F)F)c1)N1CCCC1c1nc2ccccc2[nH]1. The van der Waals surface area contributed by atoms with E-state index < -0.39 is 26.5 Å². The lowest BCUT2D eigenvalue weighted by molar-refractivity contribution is 0.205. The minimum Gasteiger partial charge on any atom is -0.340 e. The van der Waals surface area contributed by atoms with Gasteiger partial charge in [-0.25, -0.2) is 18.2 Å². The normalized spacial score (nSPS) is 17.2. The third-order valence-electron chi connectivity index (χ3n) is 4.89. The minimum atomic E-state index is -4.74. The van der Waals surface area contributed by atoms with Crippen molar-refractivity contribution >= 4 is 32.6 Å². The Bertz CT molecular complexity index is 1130. The standard InChI is InChI=1S/C19H18F2N4O3S/c20-18(21)29(27,28)13-6-3-5-12(11-13)22-19(26)25-10-4-9-16(25)17-23-14-7-1-2-8-15(14)24-17/h1-3,5-8,11,16,18H,4,9-10H2,(H,22,26)(H,23,24). The summed E-state index contributed by atoms with van der Waals surface area (Å²) in [6.45, 7) is 0.503. The first-order valence-electron chi connectivity index (χ1n) is 9.00. The summed E-state index contributed by atoms with van der Waals surface area (Å²) in [6, 6.07) is 11.7. The number of rotatable bonds is 4. The van der Waals surface area contributed by atoms with E-state index in [0.717, 1.165) is 36.0 Å². The number of imidazole rings is 1. The molecular formula is C19H18F2N4O3S. The van der Waals surface area contributed by atoms with Gasteiger partial charge in [-0.15, -0.1) is 0 Å². The summed E-state index contributed by atoms with van der Waals surface area (Å²) in [7, 11) is -4.74. The van der Waals surface area contributed by atoms with Crippen LogP contribution in [-0.2, 0) is 9.84 Å². The third-order valence-corrected chi connectivity index (χ3v) is 6.27. The molecule has 3 aromatic rings. The van der Waals surface area contributed by atoms with Gasteiger partial charge < -0.3 is 15.2 Å². The lowest BCUT2D eigenvalue weighted by atomic mass is 10.2. The average molecular weight is 420 g/mol. The van der Waals surface area contributed by atoms with Crippen LogP contribution < -0.4 is 5.32 Å². The van der Waals surface area contributed by atoms with E-state index in [1.165, 1.54) is 12.1 Å². The highest BCUT2D eigenvalue weighted by molar-refractivity contribution is 7.91. The molecule has 0 spiro atoms. The summed E-state index contributed by atoms with van der Waals surface area (Å²) in [5.74, 6) is -2.85. The first-order chi connectivity index (χ1) is 13.9. The van der Waals surface area contributed by atoms with E-state index in [1.54, 1.807) is 4.90 Å². The van der Waals surface area contributed by atoms with Gasteiger partial charge in [-0.3, -0.25) is 0 Å². The zero-order valence-corrected chi connectivity index (χ0v) is 16.0. The molecule has 1 aliphatic heterocycles. The number of halogens is 2. The average Bonchev–Trinajstić information content (AvgIpc) is 3.34. The fourth-order valence-corrected chi connectivity index (χ4v) is 4.24. The Morgan fingerprint density at radius 3 is 2.76 bits per heavy atom. The maximum atomic E-state index is 12.8. The number of H-pyrrole nitrogens is 1. The number of nitrogens with zero attached hydrogens (tertiary/aromatic N) is 2. The molecule has 0 radical (unpaired) electrons. The number of aromatic nitrogens is 2. The van der Waals surface area contributed by atoms with E-state index in [-0.39, 0.29) is 11.7 Å². The number of hydrogen-bond acceptors (Lipinski definition) is 4. The van der Waals surface area contributed by atoms with Crippen LogP contribution >= 0.6 is 0 Å². The Labute approximate surface area is 165 Å². The number of carbonyl (C=O) groups excluding carboxylic acids is 1. The zero-order valence-electron chi connectivity index (χ0n) is 15.2. The Kier molecular flexibility index (Phi) is 4.95. The molecule has 1 fully saturated rings. The van der Waals surface area contributed by atoms with Crippen LogP contribution in [0, 0.1) is 0 Å². The van der Waals surface area contributed by atoms with Gasteiger partial charge in [0.05, 0.1) is 22.0 Å². The quantitative estimate of drug-likeness (QED) is 0.669. The van der Waals surface area contributed by atoms with Crippen molar-refractivity contribution in [2.45, 2.75) is 29.5 Å². The van der Waals surface area contributed by atoms with E-state index in [1.807, 2.05) is 24.3 Å². The van der Waals surface area contributed by atoms with Gasteiger partial charge in [0.15, 0.2) is 0 Å². The molecule has 1 unspecified atom stereocenters. The Balaban J connectivity index is 1.55. The van der Waals surface area contributed by atoms with Crippen molar-refractivity contribution in [1.82, 2.24) is 14.9 Å². The molecule has 0 bridgehead atoms. The van der Waals surface area contributed by atoms with Gasteiger partial charge >= 0.3 is 11.8 Å². The highest BCUT2D eigenvalue weighted by Crippen LogP contribution is 2.32. The summed E-state index contributed by atoms with van der Waals surface area (Å²) >= 11 is 0. The molecule has 2 amide bonds. The molecule has 29 heavy (non-hydrogen) atoms. The van der Waals surface area contributed by atoms with Gasteiger partial charge in [-0.2, -0.15) is 8.78 Å². The smallest absolute Gasteiger partial charge is 0.340 e. The van der Waals surface area contributed by atoms with Gasteiger partial charge in [0.25, 0.3) is 0 Å². The molecule has 0 aliphatic carbocycles. The molecule has 1 aliphatic rings. The molecule has 1 aromatic heterocycles. The van der Waals surface area contributed by atoms with Crippen molar-refractivity contribution in [3.63, 3.8) is 0 Å². The van der Waals surface area contributed by atoms with Gasteiger partial charge in [0.2, 0.25) is 9.84 Å². The zero-order chi connectivity index (χ0) is 20.6. The van der Waals surface area contributed by atoms with Crippen LogP contribution in [0.4, 0.5) is 19.3 Å². The second-order valence-corrected chi connectivity index (χ2v) is 8.67. The number of urea groups is 1. The molecule has 1 atom stereocenters. The summed E-state index contributed by atoms with van der Waals surface area (Å²) in [4.78, 5) is 21.6. The number of anilines is 1. The number of likely N-dealkylation sites (tertiary alicyclic amines) is 1. The second kappa shape index (κ2) is 7.43. The molecular weight excluding hydrogens is 402 g/mol. The van der Waals surface area contributed by atoms with E-state index in [0.29, 0.717) is 12.4 Å². The Morgan fingerprint density at radius 1 is 1.21 bits per heavy atom. The third kappa shape index (κ3) is 3.67. The number of para-hydroxylation sites is 2. The highest BCUT2D eigenvalue weighted by Gasteiger charge is 2.32. The molecule has 1 saturated heterocycles. The maximum absolute atomic E-state index is 12.8. The first kappa shape index (κ1) is 19.3. The summed E-state index contributed by atoms with van der Waals surface area (Å²) < 4.78 is 48.9.